The molecule has 0 saturated carbocycles. The van der Waals surface area contributed by atoms with Crippen molar-refractivity contribution in [3.8, 4) is 0 Å². The van der Waals surface area contributed by atoms with Gasteiger partial charge in [-0.05, 0) is 34.9 Å². The summed E-state index contributed by atoms with van der Waals surface area (Å²) in [4.78, 5) is 10.00. The normalized spacial score (nSPS) is 13.3. The van der Waals surface area contributed by atoms with Crippen LogP contribution < -0.4 is 0 Å². The molecule has 0 aliphatic carbocycles. The van der Waals surface area contributed by atoms with Gasteiger partial charge in [0.25, 0.3) is 5.69 Å². The maximum Gasteiger partial charge on any atom is 0.301 e. The Bertz CT molecular complexity index is 722. The Balaban J connectivity index is 4.16. The smallest absolute Gasteiger partial charge is 0.282 e. The summed E-state index contributed by atoms with van der Waals surface area (Å²) in [5, 5.41) is 11.5. The molecule has 1 rings (SSSR count). The van der Waals surface area contributed by atoms with E-state index in [1.165, 1.54) is 0 Å². The predicted molar refractivity (Wildman–Crippen MR) is 84.8 cm³/mol. The quantitative estimate of drug-likeness (QED) is 0.508. The van der Waals surface area contributed by atoms with Gasteiger partial charge in [-0.2, -0.15) is 8.42 Å². The van der Waals surface area contributed by atoms with Crippen LogP contribution in [0.15, 0.2) is 11.0 Å². The summed E-state index contributed by atoms with van der Waals surface area (Å²) in [6.07, 6.45) is 0. The highest BCUT2D eigenvalue weighted by molar-refractivity contribution is 7.86. The van der Waals surface area contributed by atoms with E-state index in [1.54, 1.807) is 20.8 Å². The highest BCUT2D eigenvalue weighted by atomic mass is 32.2. The topological polar surface area (TPSA) is 97.5 Å². The van der Waals surface area contributed by atoms with Gasteiger partial charge in [0.2, 0.25) is 0 Å². The summed E-state index contributed by atoms with van der Waals surface area (Å²) in [5.41, 5.74) is -0.591. The second-order valence-corrected chi connectivity index (χ2v) is 8.75. The van der Waals surface area contributed by atoms with E-state index >= 15 is 0 Å². The lowest BCUT2D eigenvalue weighted by atomic mass is 9.76. The number of nitro groups is 1. The summed E-state index contributed by atoms with van der Waals surface area (Å²) in [5.74, 6) is 0. The lowest BCUT2D eigenvalue weighted by Crippen LogP contribution is -2.23. The van der Waals surface area contributed by atoms with Crippen molar-refractivity contribution in [1.82, 2.24) is 0 Å². The fraction of sp³-hybridized carbons (Fsp3) is 0.533. The van der Waals surface area contributed by atoms with Crippen LogP contribution in [0.1, 0.15) is 58.2 Å². The van der Waals surface area contributed by atoms with Gasteiger partial charge < -0.3 is 0 Å². The zero-order valence-corrected chi connectivity index (χ0v) is 14.5. The van der Waals surface area contributed by atoms with E-state index in [-0.39, 0.29) is 5.56 Å². The number of nitro benzene ring substituents is 1. The van der Waals surface area contributed by atoms with Gasteiger partial charge in [0.15, 0.2) is 4.90 Å². The van der Waals surface area contributed by atoms with Crippen LogP contribution in [0.5, 0.6) is 0 Å². The Morgan fingerprint density at radius 3 is 1.86 bits per heavy atom. The minimum Gasteiger partial charge on any atom is -0.282 e. The Morgan fingerprint density at radius 2 is 1.59 bits per heavy atom. The van der Waals surface area contributed by atoms with Crippen molar-refractivity contribution in [2.45, 2.75) is 57.3 Å². The molecule has 6 nitrogen and oxygen atoms in total. The lowest BCUT2D eigenvalue weighted by Gasteiger charge is -2.29. The highest BCUT2D eigenvalue weighted by Crippen LogP contribution is 2.42. The molecule has 1 N–H and O–H groups in total. The molecule has 0 fully saturated rings. The average Bonchev–Trinajstić information content (AvgIpc) is 2.22. The van der Waals surface area contributed by atoms with Crippen molar-refractivity contribution in [1.29, 1.82) is 0 Å². The van der Waals surface area contributed by atoms with Gasteiger partial charge in [-0.1, -0.05) is 41.5 Å². The largest absolute Gasteiger partial charge is 0.301 e. The molecule has 0 bridgehead atoms. The number of hydrogen-bond acceptors (Lipinski definition) is 4. The van der Waals surface area contributed by atoms with Crippen molar-refractivity contribution in [3.05, 3.63) is 39.8 Å². The molecule has 0 amide bonds. The Labute approximate surface area is 131 Å². The van der Waals surface area contributed by atoms with Crippen molar-refractivity contribution in [2.24, 2.45) is 0 Å². The molecule has 0 aliphatic heterocycles. The Hall–Kier alpha value is -1.47. The third-order valence-electron chi connectivity index (χ3n) is 3.39. The molecule has 0 atom stereocenters. The van der Waals surface area contributed by atoms with Crippen LogP contribution in [-0.4, -0.2) is 17.9 Å². The molecule has 0 unspecified atom stereocenters. The zero-order valence-electron chi connectivity index (χ0n) is 13.7. The lowest BCUT2D eigenvalue weighted by molar-refractivity contribution is -0.389. The van der Waals surface area contributed by atoms with E-state index in [0.29, 0.717) is 11.1 Å². The second kappa shape index (κ2) is 5.31. The van der Waals surface area contributed by atoms with Crippen LogP contribution in [0.4, 0.5) is 5.69 Å². The number of rotatable bonds is 2. The van der Waals surface area contributed by atoms with Gasteiger partial charge in [0, 0.05) is 5.56 Å². The molecule has 0 heterocycles. The minimum atomic E-state index is -4.73. The van der Waals surface area contributed by atoms with Gasteiger partial charge in [-0.3, -0.25) is 14.7 Å². The minimum absolute atomic E-state index is 0.220. The van der Waals surface area contributed by atoms with Gasteiger partial charge in [-0.25, -0.2) is 0 Å². The Morgan fingerprint density at radius 1 is 1.14 bits per heavy atom. The first kappa shape index (κ1) is 18.6. The van der Waals surface area contributed by atoms with Crippen molar-refractivity contribution < 1.29 is 17.9 Å². The van der Waals surface area contributed by atoms with Crippen molar-refractivity contribution in [2.75, 3.05) is 0 Å². The van der Waals surface area contributed by atoms with E-state index < -0.39 is 36.5 Å². The van der Waals surface area contributed by atoms with E-state index in [2.05, 4.69) is 6.92 Å². The van der Waals surface area contributed by atoms with Crippen LogP contribution >= 0.6 is 0 Å². The first-order valence-electron chi connectivity index (χ1n) is 6.74. The SMILES string of the molecule is [CH2]c1c(C(C)(C)C)cc(S(=O)(=O)O)c([N+](=O)[O-])c1C(C)(C)C. The first-order valence-corrected chi connectivity index (χ1v) is 8.18. The molecule has 0 aliphatic rings. The molecule has 1 aromatic carbocycles. The van der Waals surface area contributed by atoms with Crippen molar-refractivity contribution >= 4 is 15.8 Å². The molecule has 1 radical (unpaired) electrons. The summed E-state index contributed by atoms with van der Waals surface area (Å²) in [6.45, 7) is 14.7. The maximum absolute atomic E-state index is 11.7. The Kier molecular flexibility index (Phi) is 4.49. The van der Waals surface area contributed by atoms with Gasteiger partial charge in [-0.15, -0.1) is 0 Å². The number of nitrogens with zero attached hydrogens (tertiary/aromatic N) is 1. The van der Waals surface area contributed by atoms with Gasteiger partial charge >= 0.3 is 10.1 Å². The monoisotopic (exact) mass is 328 g/mol. The van der Waals surface area contributed by atoms with Crippen LogP contribution in [-0.2, 0) is 20.9 Å². The second-order valence-electron chi connectivity index (χ2n) is 7.36. The van der Waals surface area contributed by atoms with E-state index in [0.717, 1.165) is 6.07 Å². The fourth-order valence-electron chi connectivity index (χ4n) is 2.54. The maximum atomic E-state index is 11.7. The molecular formula is C15H22NO5S. The molecule has 7 heteroatoms. The molecule has 22 heavy (non-hydrogen) atoms. The standard InChI is InChI=1S/C15H22NO5S/c1-9-10(14(2,3)4)8-11(22(19,20)21)13(16(17)18)12(9)15(5,6)7/h8H,1H2,2-7H3,(H,19,20,21). The van der Waals surface area contributed by atoms with Gasteiger partial charge in [0.1, 0.15) is 0 Å². The van der Waals surface area contributed by atoms with Crippen molar-refractivity contribution in [3.63, 3.8) is 0 Å². The summed E-state index contributed by atoms with van der Waals surface area (Å²) >= 11 is 0. The summed E-state index contributed by atoms with van der Waals surface area (Å²) < 4.78 is 32.8. The van der Waals surface area contributed by atoms with Crippen LogP contribution in [0.2, 0.25) is 0 Å². The van der Waals surface area contributed by atoms with E-state index in [1.807, 2.05) is 20.8 Å². The third-order valence-corrected chi connectivity index (χ3v) is 4.26. The highest BCUT2D eigenvalue weighted by Gasteiger charge is 2.37. The molecule has 0 aromatic heterocycles. The molecular weight excluding hydrogens is 306 g/mol. The first-order chi connectivity index (χ1) is 9.58. The predicted octanol–water partition coefficient (Wildman–Crippen LogP) is 3.62. The number of hydrogen-bond donors (Lipinski definition) is 1. The molecule has 0 saturated heterocycles. The average molecular weight is 328 g/mol. The zero-order chi connectivity index (χ0) is 17.7. The molecule has 1 aromatic rings. The fourth-order valence-corrected chi connectivity index (χ4v) is 3.23. The number of benzene rings is 1. The van der Waals surface area contributed by atoms with Crippen LogP contribution in [0.3, 0.4) is 0 Å². The van der Waals surface area contributed by atoms with Crippen LogP contribution in [0, 0.1) is 17.0 Å². The van der Waals surface area contributed by atoms with E-state index in [4.69, 9.17) is 0 Å². The third kappa shape index (κ3) is 3.47. The molecule has 123 valence electrons. The van der Waals surface area contributed by atoms with Crippen LogP contribution in [0.25, 0.3) is 0 Å². The summed E-state index contributed by atoms with van der Waals surface area (Å²) in [6, 6.07) is 1.16. The van der Waals surface area contributed by atoms with Gasteiger partial charge in [0.05, 0.1) is 4.92 Å². The van der Waals surface area contributed by atoms with E-state index in [9.17, 15) is 23.1 Å². The molecule has 0 spiro atoms. The summed E-state index contributed by atoms with van der Waals surface area (Å²) in [7, 11) is -4.73.